The second-order valence-corrected chi connectivity index (χ2v) is 12.2. The number of likely N-dealkylation sites (N-methyl/N-ethyl adjacent to an activating group) is 1. The predicted octanol–water partition coefficient (Wildman–Crippen LogP) is 6.37. The molecule has 5 rings (SSSR count). The molecule has 5 nitrogen and oxygen atoms in total. The molecule has 3 amide bonds. The Kier molecular flexibility index (Phi) is 6.17. The van der Waals surface area contributed by atoms with Crippen molar-refractivity contribution in [3.8, 4) is 0 Å². The Labute approximate surface area is 212 Å². The van der Waals surface area contributed by atoms with Gasteiger partial charge in [0.15, 0.2) is 0 Å². The highest BCUT2D eigenvalue weighted by atomic mass is 35.5. The Bertz CT molecular complexity index is 1030. The number of anilines is 1. The summed E-state index contributed by atoms with van der Waals surface area (Å²) >= 11 is 12.3. The van der Waals surface area contributed by atoms with Crippen molar-refractivity contribution in [3.05, 3.63) is 40.4 Å². The van der Waals surface area contributed by atoms with Crippen LogP contribution in [0.4, 0.5) is 10.5 Å². The molecule has 0 radical (unpaired) electrons. The minimum absolute atomic E-state index is 0.0688. The predicted molar refractivity (Wildman–Crippen MR) is 137 cm³/mol. The van der Waals surface area contributed by atoms with Gasteiger partial charge in [-0.2, -0.15) is 0 Å². The fourth-order valence-corrected chi connectivity index (χ4v) is 8.51. The van der Waals surface area contributed by atoms with E-state index < -0.39 is 0 Å². The van der Waals surface area contributed by atoms with Crippen molar-refractivity contribution < 1.29 is 9.59 Å². The number of carbonyl (C=O) groups is 2. The summed E-state index contributed by atoms with van der Waals surface area (Å²) in [6, 6.07) is 5.31. The molecule has 0 bridgehead atoms. The van der Waals surface area contributed by atoms with Crippen LogP contribution in [0.1, 0.15) is 52.4 Å². The first kappa shape index (κ1) is 24.0. The minimum atomic E-state index is -0.238. The molecule has 3 saturated carbocycles. The molecule has 2 N–H and O–H groups in total. The number of rotatable bonds is 3. The monoisotopic (exact) mass is 503 g/mol. The third kappa shape index (κ3) is 3.74. The summed E-state index contributed by atoms with van der Waals surface area (Å²) < 4.78 is 0. The van der Waals surface area contributed by atoms with Crippen molar-refractivity contribution in [2.45, 2.75) is 58.4 Å². The molecule has 7 atom stereocenters. The lowest BCUT2D eigenvalue weighted by Crippen LogP contribution is -2.59. The van der Waals surface area contributed by atoms with Crippen LogP contribution in [0.2, 0.25) is 10.0 Å². The van der Waals surface area contributed by atoms with Gasteiger partial charge in [-0.15, -0.1) is 0 Å². The van der Waals surface area contributed by atoms with Crippen LogP contribution in [0.25, 0.3) is 0 Å². The van der Waals surface area contributed by atoms with E-state index in [2.05, 4.69) is 30.6 Å². The number of urea groups is 1. The van der Waals surface area contributed by atoms with Gasteiger partial charge in [-0.05, 0) is 85.8 Å². The standard InChI is InChI=1S/C27H35Cl2N3O2/c1-26-13-11-19-17(8-10-22-27(19,2)14-12-23(33)32(22)3)18(26)9-7-16(26)15-30-25(34)31-21-6-4-5-20(28)24(21)29/h4-6,12,14,16-19,22H,7-11,13,15H2,1-3H3,(H2,30,31,34)/t16-,17+,18+,19+,22-,26-,27-/m1/s1. The summed E-state index contributed by atoms with van der Waals surface area (Å²) in [4.78, 5) is 26.9. The molecule has 1 aliphatic heterocycles. The Hall–Kier alpha value is -1.72. The molecule has 0 saturated heterocycles. The molecular weight excluding hydrogens is 469 g/mol. The summed E-state index contributed by atoms with van der Waals surface area (Å²) in [6.07, 6.45) is 11.1. The summed E-state index contributed by atoms with van der Waals surface area (Å²) in [5.74, 6) is 2.60. The SMILES string of the molecule is CN1C(=O)C=C[C@]2(C)[C@H]3CC[C@]4(C)[C@@H](CNC(=O)Nc5cccc(Cl)c5Cl)CC[C@H]4[C@@H]3CC[C@@H]12. The van der Waals surface area contributed by atoms with E-state index >= 15 is 0 Å². The fourth-order valence-electron chi connectivity index (χ4n) is 8.17. The topological polar surface area (TPSA) is 61.4 Å². The maximum atomic E-state index is 12.6. The Morgan fingerprint density at radius 3 is 2.71 bits per heavy atom. The number of halogens is 2. The van der Waals surface area contributed by atoms with Crippen LogP contribution in [0.5, 0.6) is 0 Å². The van der Waals surface area contributed by atoms with Gasteiger partial charge in [0.25, 0.3) is 0 Å². The average Bonchev–Trinajstić information content (AvgIpc) is 3.14. The number of hydrogen-bond donors (Lipinski definition) is 2. The number of nitrogens with zero attached hydrogens (tertiary/aromatic N) is 1. The smallest absolute Gasteiger partial charge is 0.319 e. The molecule has 3 aliphatic carbocycles. The van der Waals surface area contributed by atoms with Crippen molar-refractivity contribution >= 4 is 40.8 Å². The minimum Gasteiger partial charge on any atom is -0.338 e. The van der Waals surface area contributed by atoms with Gasteiger partial charge in [0, 0.05) is 25.0 Å². The van der Waals surface area contributed by atoms with Crippen LogP contribution in [0, 0.1) is 34.5 Å². The number of carbonyl (C=O) groups excluding carboxylic acids is 2. The second kappa shape index (κ2) is 8.74. The third-order valence-corrected chi connectivity index (χ3v) is 10.9. The molecule has 0 aromatic heterocycles. The van der Waals surface area contributed by atoms with E-state index in [-0.39, 0.29) is 22.8 Å². The van der Waals surface area contributed by atoms with Gasteiger partial charge in [-0.25, -0.2) is 4.79 Å². The number of nitrogens with one attached hydrogen (secondary N) is 2. The van der Waals surface area contributed by atoms with Crippen LogP contribution in [-0.2, 0) is 4.79 Å². The molecule has 34 heavy (non-hydrogen) atoms. The van der Waals surface area contributed by atoms with Crippen LogP contribution in [-0.4, -0.2) is 36.5 Å². The van der Waals surface area contributed by atoms with Gasteiger partial charge in [0.1, 0.15) is 0 Å². The molecule has 7 heteroatoms. The summed E-state index contributed by atoms with van der Waals surface area (Å²) in [6.45, 7) is 5.51. The first-order valence-corrected chi connectivity index (χ1v) is 13.4. The Morgan fingerprint density at radius 1 is 1.12 bits per heavy atom. The quantitative estimate of drug-likeness (QED) is 0.503. The van der Waals surface area contributed by atoms with E-state index in [1.807, 2.05) is 11.9 Å². The van der Waals surface area contributed by atoms with Crippen LogP contribution < -0.4 is 10.6 Å². The zero-order valence-electron chi connectivity index (χ0n) is 20.2. The average molecular weight is 505 g/mol. The van der Waals surface area contributed by atoms with Gasteiger partial charge < -0.3 is 15.5 Å². The second-order valence-electron chi connectivity index (χ2n) is 11.4. The van der Waals surface area contributed by atoms with Crippen LogP contribution in [0.15, 0.2) is 30.4 Å². The van der Waals surface area contributed by atoms with Gasteiger partial charge >= 0.3 is 6.03 Å². The van der Waals surface area contributed by atoms with Crippen molar-refractivity contribution in [2.75, 3.05) is 18.9 Å². The lowest BCUT2D eigenvalue weighted by Gasteiger charge is -2.60. The third-order valence-electron chi connectivity index (χ3n) is 10.0. The number of amides is 3. The lowest BCUT2D eigenvalue weighted by molar-refractivity contribution is -0.138. The van der Waals surface area contributed by atoms with Crippen molar-refractivity contribution in [1.82, 2.24) is 10.2 Å². The summed E-state index contributed by atoms with van der Waals surface area (Å²) in [5, 5.41) is 6.73. The molecule has 4 aliphatic rings. The molecular formula is C27H35Cl2N3O2. The zero-order valence-corrected chi connectivity index (χ0v) is 21.8. The van der Waals surface area contributed by atoms with E-state index in [4.69, 9.17) is 23.2 Å². The van der Waals surface area contributed by atoms with E-state index in [1.54, 1.807) is 24.3 Å². The molecule has 1 heterocycles. The van der Waals surface area contributed by atoms with Crippen LogP contribution >= 0.6 is 23.2 Å². The molecule has 1 aromatic rings. The first-order valence-electron chi connectivity index (χ1n) is 12.6. The molecule has 0 spiro atoms. The van der Waals surface area contributed by atoms with Gasteiger partial charge in [-0.1, -0.05) is 49.2 Å². The summed E-state index contributed by atoms with van der Waals surface area (Å²) in [7, 11) is 1.97. The van der Waals surface area contributed by atoms with E-state index in [0.717, 1.165) is 12.8 Å². The Balaban J connectivity index is 1.26. The normalized spacial score (nSPS) is 38.7. The molecule has 1 aromatic carbocycles. The summed E-state index contributed by atoms with van der Waals surface area (Å²) in [5.41, 5.74) is 0.835. The van der Waals surface area contributed by atoms with Crippen molar-refractivity contribution in [1.29, 1.82) is 0 Å². The zero-order chi connectivity index (χ0) is 24.3. The van der Waals surface area contributed by atoms with E-state index in [1.165, 1.54) is 25.7 Å². The fraction of sp³-hybridized carbons (Fsp3) is 0.630. The highest BCUT2D eigenvalue weighted by Gasteiger charge is 2.60. The first-order chi connectivity index (χ1) is 16.1. The largest absolute Gasteiger partial charge is 0.338 e. The highest BCUT2D eigenvalue weighted by Crippen LogP contribution is 2.65. The number of fused-ring (bicyclic) bond motifs is 5. The molecule has 0 unspecified atom stereocenters. The molecule has 184 valence electrons. The van der Waals surface area contributed by atoms with Crippen molar-refractivity contribution in [2.24, 2.45) is 34.5 Å². The van der Waals surface area contributed by atoms with Gasteiger partial charge in [0.05, 0.1) is 15.7 Å². The van der Waals surface area contributed by atoms with Crippen molar-refractivity contribution in [3.63, 3.8) is 0 Å². The highest BCUT2D eigenvalue weighted by molar-refractivity contribution is 6.43. The number of benzene rings is 1. The van der Waals surface area contributed by atoms with Crippen LogP contribution in [0.3, 0.4) is 0 Å². The Morgan fingerprint density at radius 2 is 1.91 bits per heavy atom. The molecule has 3 fully saturated rings. The maximum Gasteiger partial charge on any atom is 0.319 e. The van der Waals surface area contributed by atoms with Gasteiger partial charge in [-0.3, -0.25) is 4.79 Å². The lowest BCUT2D eigenvalue weighted by atomic mass is 9.47. The number of hydrogen-bond acceptors (Lipinski definition) is 2. The van der Waals surface area contributed by atoms with Gasteiger partial charge in [0.2, 0.25) is 5.91 Å². The van der Waals surface area contributed by atoms with E-state index in [9.17, 15) is 9.59 Å². The van der Waals surface area contributed by atoms with E-state index in [0.29, 0.717) is 52.0 Å². The maximum absolute atomic E-state index is 12.6.